The van der Waals surface area contributed by atoms with Gasteiger partial charge in [-0.2, -0.15) is 4.98 Å². The Hall–Kier alpha value is -1.63. The number of carboxylic acids is 1. The van der Waals surface area contributed by atoms with Crippen molar-refractivity contribution in [3.05, 3.63) is 15.1 Å². The molecule has 5 unspecified atom stereocenters. The van der Waals surface area contributed by atoms with Gasteiger partial charge in [-0.25, -0.2) is 4.98 Å². The van der Waals surface area contributed by atoms with Crippen LogP contribution in [0.3, 0.4) is 0 Å². The lowest BCUT2D eigenvalue weighted by molar-refractivity contribution is -0.137. The molecule has 152 valence electrons. The Kier molecular flexibility index (Phi) is 5.38. The SMILES string of the molecule is Nc1nc2c(nc(Br)n2C2OC3COPOC3C2O)c(=O)n1CCCC(=O)O. The highest BCUT2D eigenvalue weighted by molar-refractivity contribution is 9.10. The lowest BCUT2D eigenvalue weighted by atomic mass is 10.1. The second-order valence-corrected chi connectivity index (χ2v) is 7.78. The van der Waals surface area contributed by atoms with Crippen molar-refractivity contribution >= 4 is 48.0 Å². The van der Waals surface area contributed by atoms with Crippen LogP contribution in [0.1, 0.15) is 19.1 Å². The number of fused-ring (bicyclic) bond motifs is 2. The molecule has 2 aliphatic heterocycles. The Balaban J connectivity index is 1.72. The minimum atomic E-state index is -1.02. The normalized spacial score (nSPS) is 28.1. The van der Waals surface area contributed by atoms with Crippen LogP contribution in [0.5, 0.6) is 0 Å². The first kappa shape index (κ1) is 19.7. The van der Waals surface area contributed by atoms with Gasteiger partial charge in [-0.05, 0) is 22.4 Å². The molecule has 2 aromatic rings. The third kappa shape index (κ3) is 3.31. The van der Waals surface area contributed by atoms with Crippen LogP contribution in [0.4, 0.5) is 5.95 Å². The molecule has 0 radical (unpaired) electrons. The fourth-order valence-corrected chi connectivity index (χ4v) is 4.55. The van der Waals surface area contributed by atoms with Crippen LogP contribution >= 0.6 is 25.0 Å². The quantitative estimate of drug-likeness (QED) is 0.393. The molecule has 28 heavy (non-hydrogen) atoms. The Bertz CT molecular complexity index is 981. The molecular formula is C14H17BrN5O7P. The maximum absolute atomic E-state index is 12.8. The summed E-state index contributed by atoms with van der Waals surface area (Å²) in [5, 5.41) is 19.4. The second-order valence-electron chi connectivity index (χ2n) is 6.38. The van der Waals surface area contributed by atoms with Gasteiger partial charge in [0.05, 0.1) is 6.61 Å². The predicted molar refractivity (Wildman–Crippen MR) is 99.8 cm³/mol. The molecule has 2 aliphatic rings. The number of hydrogen-bond donors (Lipinski definition) is 3. The minimum absolute atomic E-state index is 0.0288. The summed E-state index contributed by atoms with van der Waals surface area (Å²) in [6, 6.07) is 0. The number of aliphatic hydroxyl groups excluding tert-OH is 1. The first-order chi connectivity index (χ1) is 13.4. The van der Waals surface area contributed by atoms with E-state index in [9.17, 15) is 14.7 Å². The highest BCUT2D eigenvalue weighted by Crippen LogP contribution is 2.41. The predicted octanol–water partition coefficient (Wildman–Crippen LogP) is -0.0153. The van der Waals surface area contributed by atoms with Gasteiger partial charge in [0.1, 0.15) is 18.3 Å². The molecule has 0 aromatic carbocycles. The number of anilines is 1. The zero-order chi connectivity index (χ0) is 20.0. The first-order valence-corrected chi connectivity index (χ1v) is 10.0. The van der Waals surface area contributed by atoms with Crippen LogP contribution in [0.25, 0.3) is 11.2 Å². The van der Waals surface area contributed by atoms with Crippen molar-refractivity contribution in [2.75, 3.05) is 12.3 Å². The van der Waals surface area contributed by atoms with E-state index in [0.29, 0.717) is 0 Å². The van der Waals surface area contributed by atoms with Crippen molar-refractivity contribution in [3.63, 3.8) is 0 Å². The van der Waals surface area contributed by atoms with E-state index >= 15 is 0 Å². The molecule has 14 heteroatoms. The molecule has 2 aromatic heterocycles. The van der Waals surface area contributed by atoms with Gasteiger partial charge in [0.15, 0.2) is 31.2 Å². The number of carboxylic acid groups (broad SMARTS) is 1. The van der Waals surface area contributed by atoms with E-state index in [0.717, 1.165) is 0 Å². The molecule has 4 heterocycles. The number of nitrogen functional groups attached to an aromatic ring is 1. The second kappa shape index (κ2) is 7.65. The number of hydrogen-bond acceptors (Lipinski definition) is 9. The molecular weight excluding hydrogens is 461 g/mol. The molecule has 12 nitrogen and oxygen atoms in total. The number of nitrogens with two attached hydrogens (primary N) is 1. The van der Waals surface area contributed by atoms with Crippen molar-refractivity contribution < 1.29 is 28.8 Å². The van der Waals surface area contributed by atoms with E-state index in [4.69, 9.17) is 24.6 Å². The average molecular weight is 478 g/mol. The highest BCUT2D eigenvalue weighted by atomic mass is 79.9. The summed E-state index contributed by atoms with van der Waals surface area (Å²) in [4.78, 5) is 31.9. The number of aliphatic carboxylic acids is 1. The lowest BCUT2D eigenvalue weighted by Crippen LogP contribution is -2.37. The van der Waals surface area contributed by atoms with Crippen molar-refractivity contribution in [1.82, 2.24) is 19.1 Å². The largest absolute Gasteiger partial charge is 0.481 e. The van der Waals surface area contributed by atoms with Crippen molar-refractivity contribution in [2.24, 2.45) is 0 Å². The number of aromatic nitrogens is 4. The Morgan fingerprint density at radius 3 is 2.93 bits per heavy atom. The van der Waals surface area contributed by atoms with E-state index in [-0.39, 0.29) is 56.9 Å². The minimum Gasteiger partial charge on any atom is -0.481 e. The molecule has 2 saturated heterocycles. The van der Waals surface area contributed by atoms with Crippen LogP contribution in [0, 0.1) is 0 Å². The van der Waals surface area contributed by atoms with Gasteiger partial charge >= 0.3 is 5.97 Å². The van der Waals surface area contributed by atoms with E-state index in [1.54, 1.807) is 0 Å². The molecule has 0 saturated carbocycles. The van der Waals surface area contributed by atoms with Crippen molar-refractivity contribution in [1.29, 1.82) is 0 Å². The third-order valence-electron chi connectivity index (χ3n) is 4.61. The molecule has 4 rings (SSSR count). The third-order valence-corrected chi connectivity index (χ3v) is 5.83. The molecule has 0 amide bonds. The zero-order valence-electron chi connectivity index (χ0n) is 14.3. The van der Waals surface area contributed by atoms with Gasteiger partial charge in [-0.1, -0.05) is 0 Å². The van der Waals surface area contributed by atoms with Gasteiger partial charge in [0, 0.05) is 13.0 Å². The maximum atomic E-state index is 12.8. The molecule has 0 bridgehead atoms. The molecule has 2 fully saturated rings. The summed E-state index contributed by atoms with van der Waals surface area (Å²) >= 11 is 3.29. The number of aliphatic hydroxyl groups is 1. The fraction of sp³-hybridized carbons (Fsp3) is 0.571. The monoisotopic (exact) mass is 477 g/mol. The van der Waals surface area contributed by atoms with Gasteiger partial charge in [-0.3, -0.25) is 18.7 Å². The van der Waals surface area contributed by atoms with Crippen LogP contribution in [-0.4, -0.2) is 60.2 Å². The smallest absolute Gasteiger partial charge is 0.303 e. The van der Waals surface area contributed by atoms with Crippen LogP contribution in [0.2, 0.25) is 0 Å². The molecule has 0 aliphatic carbocycles. The Morgan fingerprint density at radius 1 is 1.43 bits per heavy atom. The fourth-order valence-electron chi connectivity index (χ4n) is 3.30. The number of ether oxygens (including phenoxy) is 1. The van der Waals surface area contributed by atoms with Gasteiger partial charge in [-0.15, -0.1) is 0 Å². The zero-order valence-corrected chi connectivity index (χ0v) is 16.9. The number of imidazole rings is 1. The number of rotatable bonds is 5. The highest BCUT2D eigenvalue weighted by Gasteiger charge is 2.48. The summed E-state index contributed by atoms with van der Waals surface area (Å²) in [5.74, 6) is -1.05. The summed E-state index contributed by atoms with van der Waals surface area (Å²) < 4.78 is 19.4. The van der Waals surface area contributed by atoms with Crippen molar-refractivity contribution in [3.8, 4) is 0 Å². The topological polar surface area (TPSA) is 164 Å². The standard InChI is InChI=1S/C14H17BrN5O7P/c15-13-17-7-10(18-14(16)19(11(7)24)3-1-2-6(21)22)20(13)12-8(23)9-5(26-12)4-25-28-27-9/h5,8-9,12,23,28H,1-4H2,(H2,16,18)(H,21,22). The van der Waals surface area contributed by atoms with E-state index < -0.39 is 36.1 Å². The van der Waals surface area contributed by atoms with Crippen molar-refractivity contribution in [2.45, 2.75) is 43.9 Å². The van der Waals surface area contributed by atoms with Gasteiger partial charge in [0.2, 0.25) is 5.95 Å². The number of halogens is 1. The average Bonchev–Trinajstić information content (AvgIpc) is 3.14. The van der Waals surface area contributed by atoms with E-state index in [1.807, 2.05) is 0 Å². The molecule has 0 spiro atoms. The number of carbonyl (C=O) groups is 1. The summed E-state index contributed by atoms with van der Waals surface area (Å²) in [5.41, 5.74) is 5.61. The summed E-state index contributed by atoms with van der Waals surface area (Å²) in [6.07, 6.45) is -2.81. The van der Waals surface area contributed by atoms with E-state index in [2.05, 4.69) is 25.9 Å². The van der Waals surface area contributed by atoms with Gasteiger partial charge in [0.25, 0.3) is 5.56 Å². The lowest BCUT2D eigenvalue weighted by Gasteiger charge is -2.24. The van der Waals surface area contributed by atoms with E-state index in [1.165, 1.54) is 9.13 Å². The van der Waals surface area contributed by atoms with Crippen LogP contribution in [0.15, 0.2) is 9.53 Å². The summed E-state index contributed by atoms with van der Waals surface area (Å²) in [6.45, 7) is 0.385. The molecule has 5 atom stereocenters. The summed E-state index contributed by atoms with van der Waals surface area (Å²) in [7, 11) is -0.181. The van der Waals surface area contributed by atoms with Crippen LogP contribution < -0.4 is 11.3 Å². The Morgan fingerprint density at radius 2 is 2.21 bits per heavy atom. The Labute approximate surface area is 167 Å². The van der Waals surface area contributed by atoms with Gasteiger partial charge < -0.3 is 29.7 Å². The van der Waals surface area contributed by atoms with Crippen LogP contribution in [-0.2, 0) is 25.1 Å². The number of nitrogens with zero attached hydrogens (tertiary/aromatic N) is 4. The maximum Gasteiger partial charge on any atom is 0.303 e. The molecule has 4 N–H and O–H groups in total. The first-order valence-electron chi connectivity index (χ1n) is 8.40.